The van der Waals surface area contributed by atoms with Crippen LogP contribution in [0.3, 0.4) is 0 Å². The summed E-state index contributed by atoms with van der Waals surface area (Å²) in [5.41, 5.74) is 0. The molecule has 540 valence electrons. The summed E-state index contributed by atoms with van der Waals surface area (Å²) in [7, 11) is 159. The van der Waals surface area contributed by atoms with Gasteiger partial charge in [-0.15, -0.1) is 0 Å². The van der Waals surface area contributed by atoms with Crippen LogP contribution in [0.2, 0.25) is 0 Å². The van der Waals surface area contributed by atoms with Crippen LogP contribution in [0.1, 0.15) is 0 Å². The molecule has 0 rings (SSSR count). The Kier molecular flexibility index (Phi) is 133. The molecule has 90 heavy (non-hydrogen) atoms. The van der Waals surface area contributed by atoms with E-state index in [1.54, 1.807) is 107 Å². The SMILES string of the molecule is S=S=S=S=S=S=S=S=S=S=S=S=S=S=S=S=S=S=S=S=S=S=S=S=S=S=S=S=S=S=S=S=S=S=S=S=S=S=S=S=S=S=S=S=S=S=S=S=S=S=S=S=S=S=S=S=S=S=S=S=S=S=S=S=S=S=S=S=S=S=S=S=S=S=S=S=S=S=S=S=S=S=S=S=S=S=S=S=S=S. The predicted molar refractivity (Wildman–Crippen MR) is 663 cm³/mol. The smallest absolute Gasteiger partial charge is 0 e. The Labute approximate surface area is 778 Å². The summed E-state index contributed by atoms with van der Waals surface area (Å²) in [6, 6.07) is 0. The summed E-state index contributed by atoms with van der Waals surface area (Å²) in [6.07, 6.45) is 0. The zero-order valence-electron chi connectivity index (χ0n) is 36.7. The first-order valence-corrected chi connectivity index (χ1v) is 133. The third kappa shape index (κ3) is 108. The zero-order chi connectivity index (χ0) is 64.2. The second-order valence-electron chi connectivity index (χ2n) is 5.99. The summed E-state index contributed by atoms with van der Waals surface area (Å²) < 4.78 is 0. The predicted octanol–water partition coefficient (Wildman–Crippen LogP) is -0.216. The average Bonchev–Trinajstić information content (AvgIpc) is 3.55. The average molecular weight is 2890 g/mol. The maximum atomic E-state index is 4.83. The topological polar surface area (TPSA) is 0 Å². The van der Waals surface area contributed by atoms with Crippen molar-refractivity contribution in [2.45, 2.75) is 0 Å². The number of hydrogen-bond donors (Lipinski definition) is 0. The summed E-state index contributed by atoms with van der Waals surface area (Å²) in [4.78, 5) is 0. The lowest BCUT2D eigenvalue weighted by molar-refractivity contribution is 5.95. The minimum atomic E-state index is 1.37. The standard InChI is InChI=1S/S90/c1-3-5-7-9-11-13-15-17-19-21-23-25-27-29-31-33-35-37-39-41-43-45-47-49-51-53-55-57-59-61-63-65-67-69-71-73-75-77-79-81-83-85-87-89-90-88-86-84-82-80-78-76-74-72-70-68-66-64-62-60-58-56-54-52-50-48-46-44-42-40-38-36-34-32-30-28-26-24-22-20-18-16-14-12-10-8-6-4-2. The molecule has 0 spiro atoms. The molecule has 0 bridgehead atoms. The van der Waals surface area contributed by atoms with Gasteiger partial charge in [0.25, 0.3) is 0 Å². The molecule has 0 aliphatic rings. The summed E-state index contributed by atoms with van der Waals surface area (Å²) in [5, 5.41) is 0. The molecule has 0 aliphatic carbocycles. The largest absolute Gasteiger partial charge is 0 e. The minimum Gasteiger partial charge on any atom is 0 e. The highest BCUT2D eigenvalue weighted by atomic mass is 33.6. The maximum absolute atomic E-state index is 4.83. The van der Waals surface area contributed by atoms with Crippen molar-refractivity contribution in [3.8, 4) is 0 Å². The van der Waals surface area contributed by atoms with Crippen molar-refractivity contribution in [1.29, 1.82) is 0 Å². The molecule has 0 aromatic rings. The first-order chi connectivity index (χ1) is 44.9. The molecule has 0 atom stereocenters. The van der Waals surface area contributed by atoms with Gasteiger partial charge in [0.1, 0.15) is 0 Å². The van der Waals surface area contributed by atoms with Gasteiger partial charge in [0.15, 0.2) is 0 Å². The van der Waals surface area contributed by atoms with Crippen LogP contribution in [0.5, 0.6) is 0 Å². The van der Waals surface area contributed by atoms with Crippen molar-refractivity contribution in [2.75, 3.05) is 0 Å². The van der Waals surface area contributed by atoms with Crippen LogP contribution in [0.25, 0.3) is 0 Å². The van der Waals surface area contributed by atoms with E-state index in [0.717, 1.165) is 0 Å². The second kappa shape index (κ2) is 109. The van der Waals surface area contributed by atoms with Crippen molar-refractivity contribution in [1.82, 2.24) is 0 Å². The Morgan fingerprint density at radius 2 is 0.0889 bits per heavy atom. The summed E-state index contributed by atoms with van der Waals surface area (Å²) in [6.45, 7) is 0. The molecule has 0 aliphatic heterocycles. The van der Waals surface area contributed by atoms with Crippen LogP contribution in [0, 0.1) is 0 Å². The van der Waals surface area contributed by atoms with Gasteiger partial charge >= 0.3 is 0 Å². The van der Waals surface area contributed by atoms with Crippen molar-refractivity contribution in [3.05, 3.63) is 0 Å². The molecule has 90 heteroatoms. The molecule has 0 nitrogen and oxygen atoms in total. The van der Waals surface area contributed by atoms with Gasteiger partial charge in [0.2, 0.25) is 0 Å². The molecule has 0 fully saturated rings. The maximum Gasteiger partial charge on any atom is 0 e. The first kappa shape index (κ1) is 110. The Balaban J connectivity index is 6.17. The summed E-state index contributed by atoms with van der Waals surface area (Å²) >= 11 is 9.66. The van der Waals surface area contributed by atoms with E-state index in [0.29, 0.717) is 0 Å². The lowest BCUT2D eigenvalue weighted by atomic mass is 30.7. The molecule has 0 aromatic heterocycles. The molecule has 0 N–H and O–H groups in total. The fraction of sp³-hybridized carbons (Fsp3) is 0. The highest BCUT2D eigenvalue weighted by Crippen LogP contribution is 1.49. The van der Waals surface area contributed by atoms with Crippen LogP contribution in [0.15, 0.2) is 0 Å². The van der Waals surface area contributed by atoms with Gasteiger partial charge in [-0.25, -0.2) is 0 Å². The van der Waals surface area contributed by atoms with Crippen molar-refractivity contribution in [3.63, 3.8) is 0 Å². The van der Waals surface area contributed by atoms with Crippen LogP contribution in [0.4, 0.5) is 0 Å². The summed E-state index contributed by atoms with van der Waals surface area (Å²) in [5.74, 6) is 0. The first-order valence-electron chi connectivity index (χ1n) is 14.8. The fourth-order valence-corrected chi connectivity index (χ4v) is 237. The molecule has 0 heterocycles. The molecular formula is S90. The van der Waals surface area contributed by atoms with Crippen LogP contribution < -0.4 is 0 Å². The number of hydrogen-bond acceptors (Lipinski definition) is 2. The zero-order valence-corrected chi connectivity index (χ0v) is 110. The van der Waals surface area contributed by atoms with Crippen LogP contribution >= 0.6 is 0 Å². The van der Waals surface area contributed by atoms with E-state index < -0.39 is 0 Å². The number of rotatable bonds is 0. The van der Waals surface area contributed by atoms with Crippen molar-refractivity contribution < 1.29 is 0 Å². The van der Waals surface area contributed by atoms with E-state index >= 15 is 0 Å². The monoisotopic (exact) mass is 2880 g/mol. The third-order valence-electron chi connectivity index (χ3n) is 2.42. The molecular weight excluding hydrogens is 2890 g/mol. The molecule has 0 saturated heterocycles. The van der Waals surface area contributed by atoms with Gasteiger partial charge in [0, 0.05) is 804 Å². The highest BCUT2D eigenvalue weighted by Gasteiger charge is 1.50. The van der Waals surface area contributed by atoms with Gasteiger partial charge in [-0.2, -0.15) is 0 Å². The van der Waals surface area contributed by atoms with E-state index in [2.05, 4.69) is 0 Å². The van der Waals surface area contributed by atoms with E-state index in [-0.39, 0.29) is 0 Å². The highest BCUT2D eigenvalue weighted by molar-refractivity contribution is 8.86. The molecule has 0 aromatic carbocycles. The Hall–Kier alpha value is 19.8. The fourth-order valence-electron chi connectivity index (χ4n) is 0.975. The van der Waals surface area contributed by atoms with Gasteiger partial charge < -0.3 is 0 Å². The second-order valence-corrected chi connectivity index (χ2v) is 162. The van der Waals surface area contributed by atoms with E-state index in [4.69, 9.17) is 22.4 Å². The normalized spacial score (nSPS) is 7.87. The van der Waals surface area contributed by atoms with E-state index in [9.17, 15) is 0 Å². The van der Waals surface area contributed by atoms with Crippen molar-refractivity contribution in [2.24, 2.45) is 0 Å². The molecule has 0 amide bonds. The van der Waals surface area contributed by atoms with Gasteiger partial charge in [-0.05, 0) is 0 Å². The molecule has 0 unspecified atom stereocenters. The lowest BCUT2D eigenvalue weighted by Crippen LogP contribution is -1.41. The molecule has 0 saturated carbocycles. The Morgan fingerprint density at radius 3 is 0.122 bits per heavy atom. The van der Waals surface area contributed by atoms with E-state index in [1.165, 1.54) is 17.8 Å². The minimum absolute atomic E-state index is 1.37. The Morgan fingerprint density at radius 1 is 0.0556 bits per heavy atom. The quantitative estimate of drug-likeness (QED) is 0.330. The van der Waals surface area contributed by atoms with E-state index in [1.807, 2.05) is 657 Å². The van der Waals surface area contributed by atoms with Crippen molar-refractivity contribution >= 4 is 804 Å². The van der Waals surface area contributed by atoms with Gasteiger partial charge in [-0.1, -0.05) is 0 Å². The van der Waals surface area contributed by atoms with Crippen LogP contribution in [-0.2, 0) is 804 Å². The third-order valence-corrected chi connectivity index (χ3v) is 196. The lowest BCUT2D eigenvalue weighted by Gasteiger charge is -1.41. The molecule has 0 radical (unpaired) electrons. The Bertz CT molecular complexity index is 6600. The van der Waals surface area contributed by atoms with Crippen LogP contribution in [-0.4, -0.2) is 0 Å². The van der Waals surface area contributed by atoms with Gasteiger partial charge in [0.05, 0.1) is 0 Å². The van der Waals surface area contributed by atoms with Gasteiger partial charge in [-0.3, -0.25) is 0 Å².